The van der Waals surface area contributed by atoms with Gasteiger partial charge in [-0.3, -0.25) is 9.10 Å². The average molecular weight is 644 g/mol. The van der Waals surface area contributed by atoms with Crippen LogP contribution < -0.4 is 9.62 Å². The number of rotatable bonds is 12. The van der Waals surface area contributed by atoms with E-state index in [1.807, 2.05) is 24.5 Å². The molecule has 0 fully saturated rings. The quantitative estimate of drug-likeness (QED) is 0.194. The first-order valence-corrected chi connectivity index (χ1v) is 15.8. The molecule has 9 nitrogen and oxygen atoms in total. The van der Waals surface area contributed by atoms with Gasteiger partial charge in [0.25, 0.3) is 15.9 Å². The van der Waals surface area contributed by atoms with E-state index < -0.39 is 27.9 Å². The SMILES string of the molecule is CSCC[C@H](NC(=O)c1ccc(N(Cc2cnc[nH]2)S(=O)(=O)c2ccccc2Br)cc1-c1ccccc1)C(=O)O. The molecule has 1 aromatic heterocycles. The second kappa shape index (κ2) is 13.2. The van der Waals surface area contributed by atoms with Gasteiger partial charge in [-0.2, -0.15) is 11.8 Å². The summed E-state index contributed by atoms with van der Waals surface area (Å²) < 4.78 is 29.6. The normalized spacial score (nSPS) is 12.1. The first kappa shape index (κ1) is 29.4. The number of nitrogens with one attached hydrogen (secondary N) is 2. The van der Waals surface area contributed by atoms with Crippen LogP contribution in [0.1, 0.15) is 22.5 Å². The van der Waals surface area contributed by atoms with Gasteiger partial charge >= 0.3 is 5.97 Å². The number of hydrogen-bond acceptors (Lipinski definition) is 6. The molecule has 3 N–H and O–H groups in total. The van der Waals surface area contributed by atoms with Crippen LogP contribution in [0.25, 0.3) is 11.1 Å². The molecule has 0 bridgehead atoms. The molecular formula is C28H27BrN4O5S2. The van der Waals surface area contributed by atoms with E-state index in [2.05, 4.69) is 31.2 Å². The Labute approximate surface area is 245 Å². The van der Waals surface area contributed by atoms with Crippen molar-refractivity contribution in [3.05, 3.63) is 101 Å². The van der Waals surface area contributed by atoms with Crippen LogP contribution in [0.5, 0.6) is 0 Å². The molecule has 1 atom stereocenters. The van der Waals surface area contributed by atoms with E-state index in [0.717, 1.165) is 0 Å². The number of aromatic nitrogens is 2. The Hall–Kier alpha value is -3.61. The summed E-state index contributed by atoms with van der Waals surface area (Å²) in [5, 5.41) is 12.3. The highest BCUT2D eigenvalue weighted by atomic mass is 79.9. The van der Waals surface area contributed by atoms with Crippen molar-refractivity contribution in [3.8, 4) is 11.1 Å². The molecule has 4 aromatic rings. The lowest BCUT2D eigenvalue weighted by Crippen LogP contribution is -2.41. The molecule has 1 amide bonds. The maximum absolute atomic E-state index is 14.0. The maximum Gasteiger partial charge on any atom is 0.326 e. The first-order chi connectivity index (χ1) is 19.2. The van der Waals surface area contributed by atoms with E-state index in [4.69, 9.17) is 0 Å². The van der Waals surface area contributed by atoms with Crippen molar-refractivity contribution in [2.24, 2.45) is 0 Å². The fourth-order valence-corrected chi connectivity index (χ4v) is 6.96. The van der Waals surface area contributed by atoms with Gasteiger partial charge in [-0.15, -0.1) is 0 Å². The maximum atomic E-state index is 14.0. The zero-order valence-corrected chi connectivity index (χ0v) is 24.7. The number of thioether (sulfide) groups is 1. The van der Waals surface area contributed by atoms with Crippen molar-refractivity contribution >= 4 is 55.3 Å². The van der Waals surface area contributed by atoms with Gasteiger partial charge in [0.15, 0.2) is 0 Å². The number of carboxylic acids is 1. The molecule has 0 aliphatic heterocycles. The topological polar surface area (TPSA) is 132 Å². The van der Waals surface area contributed by atoms with Crippen molar-refractivity contribution in [2.45, 2.75) is 23.9 Å². The first-order valence-electron chi connectivity index (χ1n) is 12.2. The zero-order chi connectivity index (χ0) is 28.7. The van der Waals surface area contributed by atoms with Crippen LogP contribution in [0, 0.1) is 0 Å². The van der Waals surface area contributed by atoms with Gasteiger partial charge in [-0.1, -0.05) is 42.5 Å². The fourth-order valence-electron chi connectivity index (χ4n) is 4.08. The Morgan fingerprint density at radius 2 is 1.82 bits per heavy atom. The van der Waals surface area contributed by atoms with Gasteiger partial charge in [0, 0.05) is 16.2 Å². The summed E-state index contributed by atoms with van der Waals surface area (Å²) >= 11 is 4.85. The highest BCUT2D eigenvalue weighted by molar-refractivity contribution is 9.10. The lowest BCUT2D eigenvalue weighted by atomic mass is 9.98. The van der Waals surface area contributed by atoms with Gasteiger partial charge in [0.1, 0.15) is 10.9 Å². The van der Waals surface area contributed by atoms with E-state index >= 15 is 0 Å². The molecule has 12 heteroatoms. The monoisotopic (exact) mass is 642 g/mol. The number of H-pyrrole nitrogens is 1. The number of benzene rings is 3. The Kier molecular flexibility index (Phi) is 9.67. The lowest BCUT2D eigenvalue weighted by Gasteiger charge is -2.26. The molecule has 0 spiro atoms. The van der Waals surface area contributed by atoms with Crippen LogP contribution in [-0.4, -0.2) is 53.4 Å². The van der Waals surface area contributed by atoms with Gasteiger partial charge in [-0.05, 0) is 75.8 Å². The molecule has 3 aromatic carbocycles. The van der Waals surface area contributed by atoms with Gasteiger partial charge in [0.05, 0.1) is 24.3 Å². The molecule has 1 heterocycles. The van der Waals surface area contributed by atoms with Gasteiger partial charge < -0.3 is 15.4 Å². The van der Waals surface area contributed by atoms with E-state index in [9.17, 15) is 23.1 Å². The van der Waals surface area contributed by atoms with Crippen molar-refractivity contribution in [1.29, 1.82) is 0 Å². The molecule has 208 valence electrons. The van der Waals surface area contributed by atoms with Crippen LogP contribution in [0.15, 0.2) is 94.7 Å². The number of sulfonamides is 1. The number of halogens is 1. The summed E-state index contributed by atoms with van der Waals surface area (Å²) in [6, 6.07) is 19.2. The van der Waals surface area contributed by atoms with Crippen LogP contribution in [0.4, 0.5) is 5.69 Å². The Morgan fingerprint density at radius 1 is 1.10 bits per heavy atom. The average Bonchev–Trinajstić information content (AvgIpc) is 3.47. The predicted octanol–water partition coefficient (Wildman–Crippen LogP) is 5.17. The highest BCUT2D eigenvalue weighted by Crippen LogP contribution is 2.34. The predicted molar refractivity (Wildman–Crippen MR) is 160 cm³/mol. The number of carboxylic acid groups (broad SMARTS) is 1. The molecule has 0 saturated carbocycles. The number of carbonyl (C=O) groups excluding carboxylic acids is 1. The number of anilines is 1. The number of aromatic amines is 1. The minimum absolute atomic E-state index is 0.0424. The molecule has 0 aliphatic rings. The Balaban J connectivity index is 1.83. The third-order valence-electron chi connectivity index (χ3n) is 6.11. The Morgan fingerprint density at radius 3 is 2.48 bits per heavy atom. The van der Waals surface area contributed by atoms with Crippen molar-refractivity contribution in [3.63, 3.8) is 0 Å². The number of nitrogens with zero attached hydrogens (tertiary/aromatic N) is 2. The summed E-state index contributed by atoms with van der Waals surface area (Å²) in [6.07, 6.45) is 5.15. The minimum atomic E-state index is -4.08. The van der Waals surface area contributed by atoms with E-state index in [1.54, 1.807) is 48.7 Å². The smallest absolute Gasteiger partial charge is 0.326 e. The van der Waals surface area contributed by atoms with Crippen LogP contribution in [0.2, 0.25) is 0 Å². The standard InChI is InChI=1S/C28H27BrN4O5S2/c1-39-14-13-25(28(35)36)32-27(34)22-12-11-21(15-23(22)19-7-3-2-4-8-19)33(17-20-16-30-18-31-20)40(37,38)26-10-6-5-9-24(26)29/h2-12,15-16,18,25H,13-14,17H2,1H3,(H,30,31)(H,32,34)(H,35,36)/t25-/m0/s1. The summed E-state index contributed by atoms with van der Waals surface area (Å²) in [6.45, 7) is -0.0424. The minimum Gasteiger partial charge on any atom is -0.480 e. The number of imidazole rings is 1. The highest BCUT2D eigenvalue weighted by Gasteiger charge is 2.29. The fraction of sp³-hybridized carbons (Fsp3) is 0.179. The second-order valence-corrected chi connectivity index (χ2v) is 12.4. The zero-order valence-electron chi connectivity index (χ0n) is 21.5. The molecule has 0 saturated heterocycles. The van der Waals surface area contributed by atoms with Crippen LogP contribution >= 0.6 is 27.7 Å². The van der Waals surface area contributed by atoms with Crippen LogP contribution in [-0.2, 0) is 21.4 Å². The molecular weight excluding hydrogens is 616 g/mol. The largest absolute Gasteiger partial charge is 0.480 e. The van der Waals surface area contributed by atoms with Crippen molar-refractivity contribution < 1.29 is 23.1 Å². The molecule has 0 radical (unpaired) electrons. The molecule has 0 unspecified atom stereocenters. The van der Waals surface area contributed by atoms with E-state index in [0.29, 0.717) is 32.7 Å². The molecule has 4 rings (SSSR count). The summed E-state index contributed by atoms with van der Waals surface area (Å²) in [7, 11) is -4.08. The van der Waals surface area contributed by atoms with Gasteiger partial charge in [-0.25, -0.2) is 18.2 Å². The van der Waals surface area contributed by atoms with Crippen molar-refractivity contribution in [1.82, 2.24) is 15.3 Å². The second-order valence-electron chi connectivity index (χ2n) is 8.76. The number of aliphatic carboxylic acids is 1. The third kappa shape index (κ3) is 6.75. The van der Waals surface area contributed by atoms with E-state index in [1.165, 1.54) is 34.5 Å². The summed E-state index contributed by atoms with van der Waals surface area (Å²) in [5.74, 6) is -1.12. The Bertz CT molecular complexity index is 1580. The third-order valence-corrected chi connectivity index (χ3v) is 9.54. The summed E-state index contributed by atoms with van der Waals surface area (Å²) in [4.78, 5) is 32.2. The van der Waals surface area contributed by atoms with Gasteiger partial charge in [0.2, 0.25) is 0 Å². The van der Waals surface area contributed by atoms with E-state index in [-0.39, 0.29) is 23.4 Å². The number of hydrogen-bond donors (Lipinski definition) is 3. The van der Waals surface area contributed by atoms with Crippen LogP contribution in [0.3, 0.4) is 0 Å². The molecule has 0 aliphatic carbocycles. The number of amides is 1. The number of carbonyl (C=O) groups is 2. The van der Waals surface area contributed by atoms with Crippen molar-refractivity contribution in [2.75, 3.05) is 16.3 Å². The lowest BCUT2D eigenvalue weighted by molar-refractivity contribution is -0.139. The molecule has 40 heavy (non-hydrogen) atoms. The summed E-state index contributed by atoms with van der Waals surface area (Å²) in [5.41, 5.74) is 2.24.